The first-order chi connectivity index (χ1) is 11.8. The van der Waals surface area contributed by atoms with Crippen LogP contribution in [-0.2, 0) is 0 Å². The van der Waals surface area contributed by atoms with Gasteiger partial charge < -0.3 is 20.6 Å². The second-order valence-electron chi connectivity index (χ2n) is 8.05. The second-order valence-corrected chi connectivity index (χ2v) is 8.05. The highest BCUT2D eigenvalue weighted by atomic mass is 16.3. The summed E-state index contributed by atoms with van der Waals surface area (Å²) in [7, 11) is 0. The summed E-state index contributed by atoms with van der Waals surface area (Å²) in [5, 5.41) is 15.9. The van der Waals surface area contributed by atoms with Crippen molar-refractivity contribution in [3.05, 3.63) is 0 Å². The first-order valence-corrected chi connectivity index (χ1v) is 10.2. The fraction of sp³-hybridized carbons (Fsp3) is 0.947. The Morgan fingerprint density at radius 1 is 0.875 bits per heavy atom. The van der Waals surface area contributed by atoms with Crippen molar-refractivity contribution in [2.75, 3.05) is 19.7 Å². The number of rotatable bonds is 4. The third kappa shape index (κ3) is 4.85. The molecular weight excluding hydrogens is 302 g/mol. The van der Waals surface area contributed by atoms with E-state index in [-0.39, 0.29) is 24.6 Å². The van der Waals surface area contributed by atoms with Crippen molar-refractivity contribution in [2.45, 2.75) is 88.8 Å². The molecule has 24 heavy (non-hydrogen) atoms. The molecule has 0 aromatic carbocycles. The van der Waals surface area contributed by atoms with Gasteiger partial charge >= 0.3 is 6.03 Å². The van der Waals surface area contributed by atoms with Crippen molar-refractivity contribution < 1.29 is 9.90 Å². The predicted molar refractivity (Wildman–Crippen MR) is 96.0 cm³/mol. The van der Waals surface area contributed by atoms with Crippen LogP contribution in [0.3, 0.4) is 0 Å². The standard InChI is InChI=1S/C19H35N3O2/c23-14-15-6-2-1-3-9-18(15)21-19(24)20-16-10-12-22(13-11-16)17-7-4-5-8-17/h15-18,23H,1-14H2,(H2,20,21,24). The molecule has 2 aliphatic carbocycles. The minimum Gasteiger partial charge on any atom is -0.396 e. The van der Waals surface area contributed by atoms with Crippen LogP contribution in [0.1, 0.15) is 70.6 Å². The molecule has 5 nitrogen and oxygen atoms in total. The predicted octanol–water partition coefficient (Wildman–Crippen LogP) is 2.63. The molecule has 0 bridgehead atoms. The van der Waals surface area contributed by atoms with Gasteiger partial charge in [0, 0.05) is 43.7 Å². The Morgan fingerprint density at radius 3 is 2.25 bits per heavy atom. The molecule has 0 radical (unpaired) electrons. The number of carbonyl (C=O) groups excluding carboxylic acids is 1. The molecule has 3 aliphatic rings. The number of piperidine rings is 1. The quantitative estimate of drug-likeness (QED) is 0.691. The van der Waals surface area contributed by atoms with E-state index in [1.54, 1.807) is 0 Å². The molecular formula is C19H35N3O2. The maximum absolute atomic E-state index is 12.4. The van der Waals surface area contributed by atoms with Crippen molar-refractivity contribution in [2.24, 2.45) is 5.92 Å². The molecule has 3 N–H and O–H groups in total. The van der Waals surface area contributed by atoms with Gasteiger partial charge in [-0.3, -0.25) is 0 Å². The van der Waals surface area contributed by atoms with Crippen molar-refractivity contribution in [1.82, 2.24) is 15.5 Å². The largest absolute Gasteiger partial charge is 0.396 e. The van der Waals surface area contributed by atoms with Gasteiger partial charge in [-0.05, 0) is 38.5 Å². The van der Waals surface area contributed by atoms with Gasteiger partial charge in [0.15, 0.2) is 0 Å². The van der Waals surface area contributed by atoms with Crippen LogP contribution in [0.15, 0.2) is 0 Å². The van der Waals surface area contributed by atoms with Crippen molar-refractivity contribution >= 4 is 6.03 Å². The number of nitrogens with zero attached hydrogens (tertiary/aromatic N) is 1. The summed E-state index contributed by atoms with van der Waals surface area (Å²) in [5.74, 6) is 0.225. The van der Waals surface area contributed by atoms with Crippen LogP contribution in [0.2, 0.25) is 0 Å². The molecule has 2 saturated carbocycles. The van der Waals surface area contributed by atoms with Crippen molar-refractivity contribution in [3.63, 3.8) is 0 Å². The first-order valence-electron chi connectivity index (χ1n) is 10.2. The van der Waals surface area contributed by atoms with Crippen molar-refractivity contribution in [1.29, 1.82) is 0 Å². The van der Waals surface area contributed by atoms with Crippen LogP contribution >= 0.6 is 0 Å². The summed E-state index contributed by atoms with van der Waals surface area (Å²) < 4.78 is 0. The number of hydrogen-bond acceptors (Lipinski definition) is 3. The maximum Gasteiger partial charge on any atom is 0.315 e. The number of aliphatic hydroxyl groups is 1. The normalized spacial score (nSPS) is 30.9. The summed E-state index contributed by atoms with van der Waals surface area (Å²) in [6, 6.07) is 1.22. The summed E-state index contributed by atoms with van der Waals surface area (Å²) in [5.41, 5.74) is 0. The zero-order chi connectivity index (χ0) is 16.8. The lowest BCUT2D eigenvalue weighted by Gasteiger charge is -2.36. The molecule has 2 amide bonds. The van der Waals surface area contributed by atoms with E-state index in [0.29, 0.717) is 6.04 Å². The van der Waals surface area contributed by atoms with Crippen LogP contribution in [0, 0.1) is 5.92 Å². The summed E-state index contributed by atoms with van der Waals surface area (Å²) in [6.07, 6.45) is 13.2. The van der Waals surface area contributed by atoms with E-state index in [2.05, 4.69) is 15.5 Å². The zero-order valence-electron chi connectivity index (χ0n) is 15.0. The molecule has 1 saturated heterocycles. The third-order valence-electron chi connectivity index (χ3n) is 6.42. The Bertz CT molecular complexity index is 390. The molecule has 1 aliphatic heterocycles. The van der Waals surface area contributed by atoms with E-state index < -0.39 is 0 Å². The van der Waals surface area contributed by atoms with Crippen LogP contribution in [0.4, 0.5) is 4.79 Å². The van der Waals surface area contributed by atoms with E-state index in [9.17, 15) is 9.90 Å². The highest BCUT2D eigenvalue weighted by molar-refractivity contribution is 5.74. The van der Waals surface area contributed by atoms with E-state index in [0.717, 1.165) is 51.2 Å². The van der Waals surface area contributed by atoms with Gasteiger partial charge in [-0.1, -0.05) is 32.1 Å². The molecule has 138 valence electrons. The Balaban J connectivity index is 1.40. The summed E-state index contributed by atoms with van der Waals surface area (Å²) in [4.78, 5) is 15.0. The number of carbonyl (C=O) groups is 1. The zero-order valence-corrected chi connectivity index (χ0v) is 15.0. The molecule has 1 heterocycles. The van der Waals surface area contributed by atoms with Gasteiger partial charge in [-0.25, -0.2) is 4.79 Å². The topological polar surface area (TPSA) is 64.6 Å². The number of urea groups is 1. The number of likely N-dealkylation sites (tertiary alicyclic amines) is 1. The van der Waals surface area contributed by atoms with Crippen molar-refractivity contribution in [3.8, 4) is 0 Å². The molecule has 2 unspecified atom stereocenters. The molecule has 3 rings (SSSR count). The Kier molecular flexibility index (Phi) is 6.78. The lowest BCUT2D eigenvalue weighted by molar-refractivity contribution is 0.143. The fourth-order valence-corrected chi connectivity index (χ4v) is 4.87. The molecule has 0 spiro atoms. The van der Waals surface area contributed by atoms with E-state index in [1.807, 2.05) is 0 Å². The SMILES string of the molecule is O=C(NC1CCN(C2CCCC2)CC1)NC1CCCCCC1CO. The van der Waals surface area contributed by atoms with E-state index >= 15 is 0 Å². The second kappa shape index (κ2) is 9.04. The highest BCUT2D eigenvalue weighted by Gasteiger charge is 2.29. The maximum atomic E-state index is 12.4. The smallest absolute Gasteiger partial charge is 0.315 e. The Morgan fingerprint density at radius 2 is 1.54 bits per heavy atom. The Hall–Kier alpha value is -0.810. The van der Waals surface area contributed by atoms with E-state index in [1.165, 1.54) is 38.5 Å². The minimum absolute atomic E-state index is 0.0281. The molecule has 0 aromatic rings. The third-order valence-corrected chi connectivity index (χ3v) is 6.42. The van der Waals surface area contributed by atoms with Gasteiger partial charge in [0.1, 0.15) is 0 Å². The molecule has 3 fully saturated rings. The van der Waals surface area contributed by atoms with Crippen LogP contribution in [-0.4, -0.2) is 53.9 Å². The first kappa shape index (κ1) is 18.0. The van der Waals surface area contributed by atoms with Crippen LogP contribution in [0.5, 0.6) is 0 Å². The molecule has 5 heteroatoms. The molecule has 0 aromatic heterocycles. The van der Waals surface area contributed by atoms with Crippen LogP contribution in [0.25, 0.3) is 0 Å². The van der Waals surface area contributed by atoms with E-state index in [4.69, 9.17) is 0 Å². The highest BCUT2D eigenvalue weighted by Crippen LogP contribution is 2.26. The average molecular weight is 338 g/mol. The van der Waals surface area contributed by atoms with Gasteiger partial charge in [-0.2, -0.15) is 0 Å². The van der Waals surface area contributed by atoms with Gasteiger partial charge in [0.05, 0.1) is 0 Å². The number of aliphatic hydroxyl groups excluding tert-OH is 1. The minimum atomic E-state index is -0.0281. The summed E-state index contributed by atoms with van der Waals surface area (Å²) >= 11 is 0. The lowest BCUT2D eigenvalue weighted by Crippen LogP contribution is -2.52. The van der Waals surface area contributed by atoms with Crippen LogP contribution < -0.4 is 10.6 Å². The lowest BCUT2D eigenvalue weighted by atomic mass is 9.96. The van der Waals surface area contributed by atoms with Gasteiger partial charge in [-0.15, -0.1) is 0 Å². The number of nitrogens with one attached hydrogen (secondary N) is 2. The number of hydrogen-bond donors (Lipinski definition) is 3. The number of amides is 2. The molecule has 2 atom stereocenters. The van der Waals surface area contributed by atoms with Gasteiger partial charge in [0.25, 0.3) is 0 Å². The summed E-state index contributed by atoms with van der Waals surface area (Å²) in [6.45, 7) is 2.43. The average Bonchev–Trinajstić information content (AvgIpc) is 3.03. The Labute approximate surface area is 146 Å². The monoisotopic (exact) mass is 337 g/mol. The van der Waals surface area contributed by atoms with Gasteiger partial charge in [0.2, 0.25) is 0 Å². The fourth-order valence-electron chi connectivity index (χ4n) is 4.87.